The summed E-state index contributed by atoms with van der Waals surface area (Å²) in [5, 5.41) is 0. The third kappa shape index (κ3) is 0.817. The van der Waals surface area contributed by atoms with Gasteiger partial charge in [0.2, 0.25) is 5.91 Å². The summed E-state index contributed by atoms with van der Waals surface area (Å²) in [6.45, 7) is 4.07. The van der Waals surface area contributed by atoms with Crippen LogP contribution < -0.4 is 0 Å². The highest BCUT2D eigenvalue weighted by atomic mass is 32.2. The van der Waals surface area contributed by atoms with E-state index < -0.39 is 0 Å². The topological polar surface area (TPSA) is 20.3 Å². The van der Waals surface area contributed by atoms with Crippen LogP contribution in [0.2, 0.25) is 0 Å². The summed E-state index contributed by atoms with van der Waals surface area (Å²) >= 11 is 1.49. The van der Waals surface area contributed by atoms with E-state index in [1.54, 1.807) is 4.31 Å². The van der Waals surface area contributed by atoms with Gasteiger partial charge in [-0.25, -0.2) is 0 Å². The molecule has 2 bridgehead atoms. The van der Waals surface area contributed by atoms with E-state index in [1.807, 2.05) is 6.26 Å². The van der Waals surface area contributed by atoms with Crippen molar-refractivity contribution in [1.82, 2.24) is 4.31 Å². The van der Waals surface area contributed by atoms with Crippen molar-refractivity contribution in [2.45, 2.75) is 6.42 Å². The van der Waals surface area contributed by atoms with E-state index in [0.29, 0.717) is 17.8 Å². The van der Waals surface area contributed by atoms with Gasteiger partial charge in [0, 0.05) is 17.9 Å². The van der Waals surface area contributed by atoms with Gasteiger partial charge in [-0.3, -0.25) is 9.10 Å². The minimum atomic E-state index is 0.213. The summed E-state index contributed by atoms with van der Waals surface area (Å²) < 4.78 is 1.79. The number of hydrogen-bond donors (Lipinski definition) is 0. The molecular weight excluding hydrogens is 194 g/mol. The Labute approximate surface area is 88.2 Å². The van der Waals surface area contributed by atoms with Gasteiger partial charge in [-0.1, -0.05) is 18.7 Å². The lowest BCUT2D eigenvalue weighted by Crippen LogP contribution is -2.23. The fraction of sp³-hybridized carbons (Fsp3) is 0.545. The first-order valence-corrected chi connectivity index (χ1v) is 6.17. The first kappa shape index (κ1) is 8.60. The van der Waals surface area contributed by atoms with Crippen molar-refractivity contribution in [2.75, 3.05) is 6.26 Å². The van der Waals surface area contributed by atoms with E-state index in [-0.39, 0.29) is 11.8 Å². The molecule has 1 heterocycles. The lowest BCUT2D eigenvalue weighted by Gasteiger charge is -2.18. The van der Waals surface area contributed by atoms with Crippen LogP contribution in [0.1, 0.15) is 6.42 Å². The first-order chi connectivity index (χ1) is 6.74. The summed E-state index contributed by atoms with van der Waals surface area (Å²) in [5.41, 5.74) is 1.03. The molecule has 3 rings (SSSR count). The van der Waals surface area contributed by atoms with Crippen LogP contribution in [0.4, 0.5) is 0 Å². The Hall–Kier alpha value is -0.700. The molecule has 14 heavy (non-hydrogen) atoms. The molecule has 1 amide bonds. The highest BCUT2D eigenvalue weighted by Gasteiger charge is 2.56. The second-order valence-corrected chi connectivity index (χ2v) is 5.04. The Kier molecular flexibility index (Phi) is 1.63. The third-order valence-electron chi connectivity index (χ3n) is 3.77. The summed E-state index contributed by atoms with van der Waals surface area (Å²) in [7, 11) is 0. The Balaban J connectivity index is 2.02. The van der Waals surface area contributed by atoms with Gasteiger partial charge >= 0.3 is 0 Å². The van der Waals surface area contributed by atoms with E-state index in [1.165, 1.54) is 18.4 Å². The van der Waals surface area contributed by atoms with Gasteiger partial charge in [-0.2, -0.15) is 0 Å². The summed E-state index contributed by atoms with van der Waals surface area (Å²) in [4.78, 5) is 12.0. The van der Waals surface area contributed by atoms with Gasteiger partial charge in [0.05, 0.1) is 5.92 Å². The van der Waals surface area contributed by atoms with Gasteiger partial charge in [-0.05, 0) is 30.2 Å². The van der Waals surface area contributed by atoms with Gasteiger partial charge in [-0.15, -0.1) is 0 Å². The van der Waals surface area contributed by atoms with E-state index >= 15 is 0 Å². The fourth-order valence-electron chi connectivity index (χ4n) is 3.23. The van der Waals surface area contributed by atoms with Gasteiger partial charge < -0.3 is 0 Å². The van der Waals surface area contributed by atoms with E-state index in [0.717, 1.165) is 5.70 Å². The highest BCUT2D eigenvalue weighted by molar-refractivity contribution is 7.96. The predicted molar refractivity (Wildman–Crippen MR) is 57.2 cm³/mol. The molecule has 2 nitrogen and oxygen atoms in total. The average Bonchev–Trinajstić information content (AvgIpc) is 2.80. The highest BCUT2D eigenvalue weighted by Crippen LogP contribution is 2.56. The monoisotopic (exact) mass is 207 g/mol. The maximum Gasteiger partial charge on any atom is 0.241 e. The zero-order valence-corrected chi connectivity index (χ0v) is 8.96. The number of fused-ring (bicyclic) bond motifs is 5. The lowest BCUT2D eigenvalue weighted by molar-refractivity contribution is -0.127. The summed E-state index contributed by atoms with van der Waals surface area (Å²) in [6.07, 6.45) is 7.61. The molecule has 4 atom stereocenters. The largest absolute Gasteiger partial charge is 0.273 e. The molecule has 3 heteroatoms. The lowest BCUT2D eigenvalue weighted by atomic mass is 9.84. The third-order valence-corrected chi connectivity index (χ3v) is 4.55. The van der Waals surface area contributed by atoms with Crippen molar-refractivity contribution in [3.05, 3.63) is 24.4 Å². The molecule has 0 spiro atoms. The number of amides is 1. The Morgan fingerprint density at radius 1 is 1.43 bits per heavy atom. The summed E-state index contributed by atoms with van der Waals surface area (Å²) in [6, 6.07) is 0. The van der Waals surface area contributed by atoms with Crippen LogP contribution in [0.5, 0.6) is 0 Å². The maximum absolute atomic E-state index is 12.0. The predicted octanol–water partition coefficient (Wildman–Crippen LogP) is 2.06. The van der Waals surface area contributed by atoms with Crippen molar-refractivity contribution in [3.8, 4) is 0 Å². The Bertz CT molecular complexity index is 319. The maximum atomic E-state index is 12.0. The van der Waals surface area contributed by atoms with Crippen molar-refractivity contribution < 1.29 is 4.79 Å². The molecule has 3 aliphatic rings. The van der Waals surface area contributed by atoms with Crippen LogP contribution >= 0.6 is 11.9 Å². The SMILES string of the molecule is C=C1C2C3C=CC(C3)C2C(=O)N1SC. The van der Waals surface area contributed by atoms with Crippen molar-refractivity contribution in [1.29, 1.82) is 0 Å². The normalized spacial score (nSPS) is 43.9. The van der Waals surface area contributed by atoms with Crippen LogP contribution in [0, 0.1) is 23.7 Å². The molecule has 1 saturated heterocycles. The smallest absolute Gasteiger partial charge is 0.241 e. The molecule has 0 aromatic rings. The zero-order valence-electron chi connectivity index (χ0n) is 8.14. The molecule has 0 N–H and O–H groups in total. The Morgan fingerprint density at radius 2 is 2.07 bits per heavy atom. The Morgan fingerprint density at radius 3 is 2.64 bits per heavy atom. The fourth-order valence-corrected chi connectivity index (χ4v) is 3.89. The first-order valence-electron chi connectivity index (χ1n) is 4.99. The quantitative estimate of drug-likeness (QED) is 0.484. The molecule has 1 saturated carbocycles. The van der Waals surface area contributed by atoms with E-state index in [9.17, 15) is 4.79 Å². The molecule has 0 aromatic carbocycles. The van der Waals surface area contributed by atoms with Gasteiger partial charge in [0.1, 0.15) is 0 Å². The zero-order chi connectivity index (χ0) is 9.87. The standard InChI is InChI=1S/C11H13NOS/c1-6-9-7-3-4-8(5-7)10(9)11(13)12(6)14-2/h3-4,7-10H,1,5H2,2H3. The number of carbonyl (C=O) groups excluding carboxylic acids is 1. The van der Waals surface area contributed by atoms with Crippen molar-refractivity contribution in [2.24, 2.45) is 23.7 Å². The van der Waals surface area contributed by atoms with Crippen LogP contribution in [0.15, 0.2) is 24.4 Å². The number of hydrogen-bond acceptors (Lipinski definition) is 2. The molecule has 74 valence electrons. The molecule has 0 aromatic heterocycles. The molecule has 4 unspecified atom stereocenters. The number of allylic oxidation sites excluding steroid dienone is 3. The molecule has 1 aliphatic heterocycles. The van der Waals surface area contributed by atoms with Crippen LogP contribution in [0.25, 0.3) is 0 Å². The van der Waals surface area contributed by atoms with Gasteiger partial charge in [0.15, 0.2) is 0 Å². The molecular formula is C11H13NOS. The van der Waals surface area contributed by atoms with Crippen molar-refractivity contribution >= 4 is 17.9 Å². The molecule has 2 aliphatic carbocycles. The van der Waals surface area contributed by atoms with Gasteiger partial charge in [0.25, 0.3) is 0 Å². The summed E-state index contributed by atoms with van der Waals surface area (Å²) in [5.74, 6) is 1.98. The minimum Gasteiger partial charge on any atom is -0.273 e. The van der Waals surface area contributed by atoms with Crippen LogP contribution in [-0.4, -0.2) is 16.5 Å². The molecule has 0 radical (unpaired) electrons. The van der Waals surface area contributed by atoms with Crippen LogP contribution in [0.3, 0.4) is 0 Å². The second kappa shape index (κ2) is 2.66. The number of rotatable bonds is 1. The number of nitrogens with zero attached hydrogens (tertiary/aromatic N) is 1. The van der Waals surface area contributed by atoms with E-state index in [4.69, 9.17) is 0 Å². The van der Waals surface area contributed by atoms with E-state index in [2.05, 4.69) is 18.7 Å². The average molecular weight is 207 g/mol. The minimum absolute atomic E-state index is 0.213. The van der Waals surface area contributed by atoms with Crippen LogP contribution in [-0.2, 0) is 4.79 Å². The van der Waals surface area contributed by atoms with Crippen molar-refractivity contribution in [3.63, 3.8) is 0 Å². The molecule has 2 fully saturated rings. The number of carbonyl (C=O) groups is 1. The second-order valence-electron chi connectivity index (χ2n) is 4.31.